The summed E-state index contributed by atoms with van der Waals surface area (Å²) in [6, 6.07) is 4.05. The second kappa shape index (κ2) is 8.96. The molecule has 0 saturated heterocycles. The van der Waals surface area contributed by atoms with E-state index in [2.05, 4.69) is 27.4 Å². The number of aryl methyl sites for hydroxylation is 1. The zero-order chi connectivity index (χ0) is 21.0. The quantitative estimate of drug-likeness (QED) is 0.567. The second-order valence-electron chi connectivity index (χ2n) is 8.38. The van der Waals surface area contributed by atoms with E-state index in [9.17, 15) is 0 Å². The largest absolute Gasteiger partial charge is 0.405 e. The van der Waals surface area contributed by atoms with E-state index < -0.39 is 0 Å². The molecule has 2 saturated carbocycles. The van der Waals surface area contributed by atoms with Gasteiger partial charge in [-0.2, -0.15) is 0 Å². The van der Waals surface area contributed by atoms with Gasteiger partial charge < -0.3 is 15.8 Å². The molecule has 4 rings (SSSR count). The fraction of sp³-hybridized carbons (Fsp3) is 0.458. The number of pyridine rings is 1. The highest BCUT2D eigenvalue weighted by molar-refractivity contribution is 5.72. The summed E-state index contributed by atoms with van der Waals surface area (Å²) >= 11 is 0. The van der Waals surface area contributed by atoms with Crippen LogP contribution in [0.15, 0.2) is 42.9 Å². The summed E-state index contributed by atoms with van der Waals surface area (Å²) in [6.07, 6.45) is 16.3. The van der Waals surface area contributed by atoms with Gasteiger partial charge >= 0.3 is 0 Å². The molecule has 0 bridgehead atoms. The van der Waals surface area contributed by atoms with Crippen molar-refractivity contribution >= 4 is 11.3 Å². The van der Waals surface area contributed by atoms with Gasteiger partial charge in [0.2, 0.25) is 0 Å². The average molecular weight is 406 g/mol. The van der Waals surface area contributed by atoms with Crippen LogP contribution in [-0.4, -0.2) is 34.2 Å². The number of methoxy groups -OCH3 is 1. The fourth-order valence-electron chi connectivity index (χ4n) is 3.65. The van der Waals surface area contributed by atoms with Gasteiger partial charge in [0.15, 0.2) is 5.82 Å². The van der Waals surface area contributed by atoms with Crippen LogP contribution in [0.25, 0.3) is 16.8 Å². The number of allylic oxidation sites excluding steroid dienone is 3. The lowest BCUT2D eigenvalue weighted by molar-refractivity contribution is 0.0759. The van der Waals surface area contributed by atoms with E-state index in [4.69, 9.17) is 15.5 Å². The van der Waals surface area contributed by atoms with E-state index >= 15 is 0 Å². The van der Waals surface area contributed by atoms with E-state index in [0.717, 1.165) is 66.4 Å². The summed E-state index contributed by atoms with van der Waals surface area (Å²) in [5.74, 6) is 1.50. The van der Waals surface area contributed by atoms with Crippen molar-refractivity contribution in [3.05, 3.63) is 54.4 Å². The van der Waals surface area contributed by atoms with Gasteiger partial charge in [-0.05, 0) is 75.8 Å². The first-order chi connectivity index (χ1) is 14.6. The third kappa shape index (κ3) is 5.05. The van der Waals surface area contributed by atoms with Crippen molar-refractivity contribution in [2.24, 2.45) is 11.7 Å². The van der Waals surface area contributed by atoms with Crippen molar-refractivity contribution in [3.63, 3.8) is 0 Å². The summed E-state index contributed by atoms with van der Waals surface area (Å²) in [4.78, 5) is 13.9. The highest BCUT2D eigenvalue weighted by Crippen LogP contribution is 2.41. The number of anilines is 1. The Bertz CT molecular complexity index is 944. The van der Waals surface area contributed by atoms with Crippen molar-refractivity contribution in [1.82, 2.24) is 15.0 Å². The number of nitrogens with one attached hydrogen (secondary N) is 1. The highest BCUT2D eigenvalue weighted by atomic mass is 16.5. The first-order valence-electron chi connectivity index (χ1n) is 10.8. The Morgan fingerprint density at radius 3 is 2.87 bits per heavy atom. The normalized spacial score (nSPS) is 18.0. The van der Waals surface area contributed by atoms with Gasteiger partial charge in [0, 0.05) is 36.7 Å². The number of nitrogens with two attached hydrogens (primary N) is 1. The fourth-order valence-corrected chi connectivity index (χ4v) is 3.65. The van der Waals surface area contributed by atoms with Gasteiger partial charge in [0.05, 0.1) is 23.2 Å². The van der Waals surface area contributed by atoms with E-state index in [1.165, 1.54) is 12.8 Å². The van der Waals surface area contributed by atoms with Gasteiger partial charge in [-0.25, -0.2) is 9.97 Å². The minimum atomic E-state index is 0.0925. The van der Waals surface area contributed by atoms with Crippen molar-refractivity contribution in [2.45, 2.75) is 51.0 Å². The molecule has 0 atom stereocenters. The topological polar surface area (TPSA) is 86.0 Å². The maximum absolute atomic E-state index is 5.67. The number of hydrogen-bond donors (Lipinski definition) is 2. The van der Waals surface area contributed by atoms with Crippen LogP contribution in [0.2, 0.25) is 0 Å². The maximum Gasteiger partial charge on any atom is 0.159 e. The second-order valence-corrected chi connectivity index (χ2v) is 8.38. The van der Waals surface area contributed by atoms with Crippen LogP contribution in [0.1, 0.15) is 50.0 Å². The van der Waals surface area contributed by atoms with E-state index in [-0.39, 0.29) is 5.60 Å². The monoisotopic (exact) mass is 405 g/mol. The van der Waals surface area contributed by atoms with Crippen molar-refractivity contribution in [1.29, 1.82) is 0 Å². The summed E-state index contributed by atoms with van der Waals surface area (Å²) in [7, 11) is 1.80. The lowest BCUT2D eigenvalue weighted by Gasteiger charge is -2.15. The molecule has 3 N–H and O–H groups in total. The highest BCUT2D eigenvalue weighted by Gasteiger charge is 2.42. The zero-order valence-electron chi connectivity index (χ0n) is 17.9. The number of rotatable bonds is 10. The molecule has 0 unspecified atom stereocenters. The number of aromatic nitrogens is 3. The van der Waals surface area contributed by atoms with Crippen LogP contribution in [-0.2, 0) is 4.74 Å². The molecule has 2 aromatic heterocycles. The van der Waals surface area contributed by atoms with Crippen LogP contribution < -0.4 is 11.1 Å². The molecule has 30 heavy (non-hydrogen) atoms. The molecule has 0 aromatic carbocycles. The Morgan fingerprint density at radius 1 is 1.33 bits per heavy atom. The third-order valence-corrected chi connectivity index (χ3v) is 6.07. The van der Waals surface area contributed by atoms with Crippen LogP contribution in [0.5, 0.6) is 0 Å². The molecule has 0 radical (unpaired) electrons. The van der Waals surface area contributed by atoms with Gasteiger partial charge in [-0.1, -0.05) is 6.08 Å². The Morgan fingerprint density at radius 2 is 2.17 bits per heavy atom. The van der Waals surface area contributed by atoms with Crippen LogP contribution in [0.4, 0.5) is 5.69 Å². The predicted octanol–water partition coefficient (Wildman–Crippen LogP) is 4.48. The Labute approximate surface area is 178 Å². The molecule has 6 nitrogen and oxygen atoms in total. The van der Waals surface area contributed by atoms with Crippen LogP contribution >= 0.6 is 0 Å². The minimum Gasteiger partial charge on any atom is -0.405 e. The van der Waals surface area contributed by atoms with Crippen molar-refractivity contribution in [2.75, 3.05) is 19.0 Å². The van der Waals surface area contributed by atoms with Crippen LogP contribution in [0, 0.1) is 12.8 Å². The van der Waals surface area contributed by atoms with Crippen molar-refractivity contribution < 1.29 is 4.74 Å². The molecule has 2 aliphatic rings. The standard InChI is InChI=1S/C24H31N5O/c1-17-21(15-20(16-28-17)26-14-11-24(30-2)9-10-24)22-8-13-27-23(29-22)19(7-12-25)6-5-18-3-4-18/h6-8,12-13,15-16,18,26H,3-5,9-11,14,25H2,1-2H3/b12-7-,19-6+. The number of ether oxygens (including phenoxy) is 1. The molecule has 0 amide bonds. The molecule has 6 heteroatoms. The number of hydrogen-bond acceptors (Lipinski definition) is 6. The molecule has 2 fully saturated rings. The van der Waals surface area contributed by atoms with Crippen LogP contribution in [0.3, 0.4) is 0 Å². The molecular weight excluding hydrogens is 374 g/mol. The summed E-state index contributed by atoms with van der Waals surface area (Å²) in [5, 5.41) is 3.48. The van der Waals surface area contributed by atoms with E-state index in [0.29, 0.717) is 5.82 Å². The summed E-state index contributed by atoms with van der Waals surface area (Å²) in [5.41, 5.74) is 10.5. The van der Waals surface area contributed by atoms with Gasteiger partial charge in [0.25, 0.3) is 0 Å². The van der Waals surface area contributed by atoms with Gasteiger partial charge in [0.1, 0.15) is 0 Å². The lowest BCUT2D eigenvalue weighted by atomic mass is 10.1. The smallest absolute Gasteiger partial charge is 0.159 e. The maximum atomic E-state index is 5.67. The zero-order valence-corrected chi connectivity index (χ0v) is 17.9. The minimum absolute atomic E-state index is 0.0925. The summed E-state index contributed by atoms with van der Waals surface area (Å²) in [6.45, 7) is 2.87. The Kier molecular flexibility index (Phi) is 6.13. The molecule has 158 valence electrons. The Balaban J connectivity index is 1.52. The molecule has 2 aliphatic carbocycles. The first-order valence-corrected chi connectivity index (χ1v) is 10.8. The van der Waals surface area contributed by atoms with Gasteiger partial charge in [-0.3, -0.25) is 4.98 Å². The average Bonchev–Trinajstić information content (AvgIpc) is 3.69. The third-order valence-electron chi connectivity index (χ3n) is 6.07. The first kappa shape index (κ1) is 20.5. The number of nitrogens with zero attached hydrogens (tertiary/aromatic N) is 3. The molecule has 2 heterocycles. The van der Waals surface area contributed by atoms with Crippen molar-refractivity contribution in [3.8, 4) is 11.3 Å². The van der Waals surface area contributed by atoms with E-state index in [1.54, 1.807) is 13.3 Å². The molecule has 2 aromatic rings. The summed E-state index contributed by atoms with van der Waals surface area (Å²) < 4.78 is 5.60. The van der Waals surface area contributed by atoms with Gasteiger partial charge in [-0.15, -0.1) is 0 Å². The molecular formula is C24H31N5O. The molecule has 0 spiro atoms. The lowest BCUT2D eigenvalue weighted by Crippen LogP contribution is -2.17. The Hall–Kier alpha value is -2.73. The molecule has 0 aliphatic heterocycles. The SMILES string of the molecule is COC1(CCNc2cnc(C)c(-c3ccnc(C(/C=C\N)=C/CC4CC4)n3)c2)CC1. The van der Waals surface area contributed by atoms with E-state index in [1.807, 2.05) is 31.5 Å². The predicted molar refractivity (Wildman–Crippen MR) is 121 cm³/mol.